The van der Waals surface area contributed by atoms with Crippen LogP contribution in [0.3, 0.4) is 0 Å². The first kappa shape index (κ1) is 9.34. The zero-order valence-electron chi connectivity index (χ0n) is 5.52. The minimum atomic E-state index is -0.185. The quantitative estimate of drug-likeness (QED) is 0.372. The van der Waals surface area contributed by atoms with Gasteiger partial charge in [-0.1, -0.05) is 23.4 Å². The van der Waals surface area contributed by atoms with Crippen molar-refractivity contribution in [1.82, 2.24) is 9.97 Å². The molecule has 0 radical (unpaired) electrons. The van der Waals surface area contributed by atoms with Crippen LogP contribution in [-0.2, 0) is 0 Å². The Morgan fingerprint density at radius 2 is 2.36 bits per heavy atom. The third-order valence-electron chi connectivity index (χ3n) is 0.994. The highest BCUT2D eigenvalue weighted by molar-refractivity contribution is 14.1. The number of nitrogens with zero attached hydrogens (tertiary/aromatic N) is 1. The minimum absolute atomic E-state index is 0.185. The lowest BCUT2D eigenvalue weighted by Gasteiger charge is -1.96. The number of aromatic amines is 1. The molecule has 0 amide bonds. The molecule has 1 heterocycles. The Kier molecular flexibility index (Phi) is 3.20. The zero-order valence-corrected chi connectivity index (χ0v) is 9.25. The fraction of sp³-hybridized carbons (Fsp3) is 0.200. The van der Waals surface area contributed by atoms with E-state index in [0.717, 1.165) is 0 Å². The van der Waals surface area contributed by atoms with Gasteiger partial charge in [0.15, 0.2) is 10.3 Å². The first-order valence-electron chi connectivity index (χ1n) is 2.64. The topological polar surface area (TPSA) is 45.8 Å². The van der Waals surface area contributed by atoms with Crippen LogP contribution in [0.1, 0.15) is 0 Å². The van der Waals surface area contributed by atoms with Crippen molar-refractivity contribution in [3.8, 4) is 0 Å². The van der Waals surface area contributed by atoms with E-state index in [9.17, 15) is 4.79 Å². The number of nitrogens with one attached hydrogen (secondary N) is 1. The molecule has 3 nitrogen and oxygen atoms in total. The third kappa shape index (κ3) is 2.09. The first-order valence-corrected chi connectivity index (χ1v) is 5.32. The molecule has 0 saturated carbocycles. The van der Waals surface area contributed by atoms with Crippen molar-refractivity contribution >= 4 is 46.0 Å². The van der Waals surface area contributed by atoms with Crippen molar-refractivity contribution in [2.75, 3.05) is 6.26 Å². The molecule has 0 atom stereocenters. The van der Waals surface area contributed by atoms with Crippen molar-refractivity contribution in [1.29, 1.82) is 0 Å². The molecule has 0 aliphatic rings. The maximum absolute atomic E-state index is 11.0. The van der Waals surface area contributed by atoms with Crippen LogP contribution in [0.2, 0.25) is 5.15 Å². The second-order valence-electron chi connectivity index (χ2n) is 1.68. The van der Waals surface area contributed by atoms with E-state index in [1.807, 2.05) is 28.8 Å². The van der Waals surface area contributed by atoms with Crippen LogP contribution in [-0.4, -0.2) is 16.2 Å². The van der Waals surface area contributed by atoms with Crippen LogP contribution in [0.5, 0.6) is 0 Å². The molecule has 0 bridgehead atoms. The maximum atomic E-state index is 11.0. The van der Waals surface area contributed by atoms with E-state index in [1.54, 1.807) is 0 Å². The number of rotatable bonds is 1. The normalized spacial score (nSPS) is 10.1. The van der Waals surface area contributed by atoms with Crippen molar-refractivity contribution in [3.63, 3.8) is 0 Å². The Bertz CT molecular complexity index is 327. The van der Waals surface area contributed by atoms with Gasteiger partial charge in [-0.3, -0.25) is 4.79 Å². The molecule has 0 aromatic carbocycles. The van der Waals surface area contributed by atoms with Crippen molar-refractivity contribution in [3.05, 3.63) is 19.1 Å². The summed E-state index contributed by atoms with van der Waals surface area (Å²) in [7, 11) is 0. The first-order chi connectivity index (χ1) is 5.15. The zero-order chi connectivity index (χ0) is 8.43. The Morgan fingerprint density at radius 1 is 1.73 bits per heavy atom. The van der Waals surface area contributed by atoms with Gasteiger partial charge >= 0.3 is 0 Å². The molecule has 0 spiro atoms. The second kappa shape index (κ2) is 3.77. The van der Waals surface area contributed by atoms with Crippen LogP contribution < -0.4 is 5.56 Å². The summed E-state index contributed by atoms with van der Waals surface area (Å²) in [5.41, 5.74) is -0.185. The lowest BCUT2D eigenvalue weighted by molar-refractivity contribution is 0.928. The second-order valence-corrected chi connectivity index (χ2v) is 3.91. The summed E-state index contributed by atoms with van der Waals surface area (Å²) in [5, 5.41) is 0.805. The number of halogens is 2. The highest BCUT2D eigenvalue weighted by Crippen LogP contribution is 2.14. The van der Waals surface area contributed by atoms with E-state index in [4.69, 9.17) is 11.6 Å². The Balaban J connectivity index is 3.32. The van der Waals surface area contributed by atoms with Crippen molar-refractivity contribution < 1.29 is 0 Å². The lowest BCUT2D eigenvalue weighted by Crippen LogP contribution is -2.12. The van der Waals surface area contributed by atoms with E-state index in [2.05, 4.69) is 9.97 Å². The highest BCUT2D eigenvalue weighted by atomic mass is 127. The Morgan fingerprint density at radius 3 is 2.82 bits per heavy atom. The van der Waals surface area contributed by atoms with Crippen molar-refractivity contribution in [2.24, 2.45) is 0 Å². The molecule has 0 fully saturated rings. The standard InChI is InChI=1S/C5H4ClIN2OS/c1-11-5-8-3(6)2(7)4(10)9-5/h1H3,(H,8,9,10). The van der Waals surface area contributed by atoms with Gasteiger partial charge in [0, 0.05) is 0 Å². The number of hydrogen-bond donors (Lipinski definition) is 1. The number of hydrogen-bond acceptors (Lipinski definition) is 3. The minimum Gasteiger partial charge on any atom is -0.300 e. The molecule has 0 aliphatic heterocycles. The molecular formula is C5H4ClIN2OS. The molecule has 6 heteroatoms. The maximum Gasteiger partial charge on any atom is 0.266 e. The highest BCUT2D eigenvalue weighted by Gasteiger charge is 2.04. The van der Waals surface area contributed by atoms with E-state index < -0.39 is 0 Å². The van der Waals surface area contributed by atoms with Gasteiger partial charge in [-0.25, -0.2) is 4.98 Å². The van der Waals surface area contributed by atoms with Gasteiger partial charge in [0.25, 0.3) is 5.56 Å². The summed E-state index contributed by atoms with van der Waals surface area (Å²) < 4.78 is 0.432. The summed E-state index contributed by atoms with van der Waals surface area (Å²) >= 11 is 8.85. The van der Waals surface area contributed by atoms with Crippen LogP contribution in [0.4, 0.5) is 0 Å². The van der Waals surface area contributed by atoms with Gasteiger partial charge in [0.05, 0.1) is 0 Å². The smallest absolute Gasteiger partial charge is 0.266 e. The van der Waals surface area contributed by atoms with Gasteiger partial charge < -0.3 is 4.98 Å². The average Bonchev–Trinajstić information content (AvgIpc) is 1.99. The van der Waals surface area contributed by atoms with E-state index in [0.29, 0.717) is 8.73 Å². The summed E-state index contributed by atoms with van der Waals surface area (Å²) in [5.74, 6) is 0. The number of thioether (sulfide) groups is 1. The number of aromatic nitrogens is 2. The summed E-state index contributed by atoms with van der Waals surface area (Å²) in [6.45, 7) is 0. The van der Waals surface area contributed by atoms with Crippen LogP contribution in [0.15, 0.2) is 9.95 Å². The SMILES string of the molecule is CSc1nc(Cl)c(I)c(=O)[nH]1. The molecular weight excluding hydrogens is 298 g/mol. The van der Waals surface area contributed by atoms with Gasteiger partial charge in [-0.2, -0.15) is 0 Å². The largest absolute Gasteiger partial charge is 0.300 e. The lowest BCUT2D eigenvalue weighted by atomic mass is 10.7. The molecule has 11 heavy (non-hydrogen) atoms. The van der Waals surface area contributed by atoms with Gasteiger partial charge in [0.2, 0.25) is 0 Å². The van der Waals surface area contributed by atoms with Gasteiger partial charge in [-0.05, 0) is 28.8 Å². The van der Waals surface area contributed by atoms with Crippen LogP contribution in [0.25, 0.3) is 0 Å². The fourth-order valence-electron chi connectivity index (χ4n) is 0.509. The summed E-state index contributed by atoms with van der Waals surface area (Å²) in [6, 6.07) is 0. The van der Waals surface area contributed by atoms with E-state index in [-0.39, 0.29) is 10.7 Å². The van der Waals surface area contributed by atoms with Crippen LogP contribution in [0, 0.1) is 3.57 Å². The molecule has 0 saturated heterocycles. The van der Waals surface area contributed by atoms with E-state index in [1.165, 1.54) is 11.8 Å². The Hall–Kier alpha value is 0.250. The summed E-state index contributed by atoms with van der Waals surface area (Å²) in [4.78, 5) is 17.5. The number of H-pyrrole nitrogens is 1. The van der Waals surface area contributed by atoms with E-state index >= 15 is 0 Å². The molecule has 0 aliphatic carbocycles. The fourth-order valence-corrected chi connectivity index (χ4v) is 1.36. The van der Waals surface area contributed by atoms with Gasteiger partial charge in [0.1, 0.15) is 3.57 Å². The average molecular weight is 303 g/mol. The summed E-state index contributed by atoms with van der Waals surface area (Å²) in [6.07, 6.45) is 1.82. The van der Waals surface area contributed by atoms with Gasteiger partial charge in [-0.15, -0.1) is 0 Å². The monoisotopic (exact) mass is 302 g/mol. The molecule has 1 N–H and O–H groups in total. The van der Waals surface area contributed by atoms with Crippen LogP contribution >= 0.6 is 46.0 Å². The molecule has 1 aromatic heterocycles. The van der Waals surface area contributed by atoms with Crippen molar-refractivity contribution in [2.45, 2.75) is 5.16 Å². The third-order valence-corrected chi connectivity index (χ3v) is 3.17. The molecule has 1 rings (SSSR count). The Labute approximate surface area is 86.1 Å². The molecule has 60 valence electrons. The molecule has 0 unspecified atom stereocenters. The predicted octanol–water partition coefficient (Wildman–Crippen LogP) is 1.75. The molecule has 1 aromatic rings. The predicted molar refractivity (Wildman–Crippen MR) is 54.4 cm³/mol.